The molecule has 0 aromatic heterocycles. The van der Waals surface area contributed by atoms with Gasteiger partial charge in [0, 0.05) is 5.02 Å². The van der Waals surface area contributed by atoms with E-state index in [-0.39, 0.29) is 12.1 Å². The first-order valence-electron chi connectivity index (χ1n) is 6.91. The summed E-state index contributed by atoms with van der Waals surface area (Å²) in [6.45, 7) is 6.49. The lowest BCUT2D eigenvalue weighted by molar-refractivity contribution is 0.162. The quantitative estimate of drug-likeness (QED) is 0.564. The first-order valence-corrected chi connectivity index (χ1v) is 7.29. The van der Waals surface area contributed by atoms with E-state index in [0.717, 1.165) is 24.5 Å². The van der Waals surface area contributed by atoms with Gasteiger partial charge in [0.15, 0.2) is 0 Å². The highest BCUT2D eigenvalue weighted by molar-refractivity contribution is 6.30. The highest BCUT2D eigenvalue weighted by Crippen LogP contribution is 2.20. The van der Waals surface area contributed by atoms with Crippen molar-refractivity contribution in [1.29, 1.82) is 0 Å². The molecule has 0 spiro atoms. The largest absolute Gasteiger partial charge is 0.489 e. The maximum Gasteiger partial charge on any atom is 0.121 e. The third-order valence-electron chi connectivity index (χ3n) is 3.20. The standard InChI is InChI=1S/C15H25ClN2O/c1-11(2)6-4-9-15(18-17)12(3)19-14-8-5-7-13(16)10-14/h5,7-8,10-12,15,18H,4,6,9,17H2,1-3H3. The second kappa shape index (κ2) is 8.41. The summed E-state index contributed by atoms with van der Waals surface area (Å²) in [5.74, 6) is 7.12. The van der Waals surface area contributed by atoms with E-state index >= 15 is 0 Å². The van der Waals surface area contributed by atoms with Gasteiger partial charge in [-0.15, -0.1) is 0 Å². The predicted molar refractivity (Wildman–Crippen MR) is 81.3 cm³/mol. The molecule has 1 aromatic rings. The molecular weight excluding hydrogens is 260 g/mol. The molecule has 3 nitrogen and oxygen atoms in total. The SMILES string of the molecule is CC(C)CCCC(NN)C(C)Oc1cccc(Cl)c1. The van der Waals surface area contributed by atoms with Crippen molar-refractivity contribution in [1.82, 2.24) is 5.43 Å². The Balaban J connectivity index is 2.46. The molecule has 0 heterocycles. The molecule has 0 amide bonds. The van der Waals surface area contributed by atoms with Crippen molar-refractivity contribution in [2.75, 3.05) is 0 Å². The number of ether oxygens (including phenoxy) is 1. The molecule has 1 rings (SSSR count). The lowest BCUT2D eigenvalue weighted by Crippen LogP contribution is -2.45. The van der Waals surface area contributed by atoms with Gasteiger partial charge < -0.3 is 4.74 Å². The van der Waals surface area contributed by atoms with Crippen molar-refractivity contribution in [2.24, 2.45) is 11.8 Å². The summed E-state index contributed by atoms with van der Waals surface area (Å²) in [6.07, 6.45) is 3.38. The van der Waals surface area contributed by atoms with Gasteiger partial charge in [-0.2, -0.15) is 0 Å². The normalized spacial score (nSPS) is 14.4. The van der Waals surface area contributed by atoms with Crippen molar-refractivity contribution in [3.63, 3.8) is 0 Å². The summed E-state index contributed by atoms with van der Waals surface area (Å²) in [7, 11) is 0. The van der Waals surface area contributed by atoms with Crippen LogP contribution in [0, 0.1) is 5.92 Å². The number of nitrogens with two attached hydrogens (primary N) is 1. The fourth-order valence-electron chi connectivity index (χ4n) is 2.04. The van der Waals surface area contributed by atoms with Crippen molar-refractivity contribution in [3.05, 3.63) is 29.3 Å². The number of rotatable bonds is 8. The molecule has 108 valence electrons. The van der Waals surface area contributed by atoms with Crippen molar-refractivity contribution < 1.29 is 4.74 Å². The second-order valence-corrected chi connectivity index (χ2v) is 5.81. The van der Waals surface area contributed by atoms with E-state index in [9.17, 15) is 0 Å². The minimum atomic E-state index is 0.00984. The summed E-state index contributed by atoms with van der Waals surface area (Å²) < 4.78 is 5.88. The Hall–Kier alpha value is -0.770. The van der Waals surface area contributed by atoms with Crippen LogP contribution in [0.25, 0.3) is 0 Å². The Kier molecular flexibility index (Phi) is 7.21. The number of benzene rings is 1. The summed E-state index contributed by atoms with van der Waals surface area (Å²) in [6, 6.07) is 7.59. The van der Waals surface area contributed by atoms with Gasteiger partial charge in [-0.3, -0.25) is 11.3 Å². The molecule has 0 saturated heterocycles. The van der Waals surface area contributed by atoms with Crippen LogP contribution in [-0.4, -0.2) is 12.1 Å². The monoisotopic (exact) mass is 284 g/mol. The maximum atomic E-state index is 5.94. The van der Waals surface area contributed by atoms with Gasteiger partial charge >= 0.3 is 0 Å². The summed E-state index contributed by atoms with van der Waals surface area (Å²) in [4.78, 5) is 0. The van der Waals surface area contributed by atoms with Crippen LogP contribution < -0.4 is 16.0 Å². The number of hydrogen-bond acceptors (Lipinski definition) is 3. The molecular formula is C15H25ClN2O. The molecule has 3 N–H and O–H groups in total. The van der Waals surface area contributed by atoms with Gasteiger partial charge in [0.25, 0.3) is 0 Å². The third kappa shape index (κ3) is 6.28. The van der Waals surface area contributed by atoms with Crippen molar-refractivity contribution >= 4 is 11.6 Å². The van der Waals surface area contributed by atoms with Crippen LogP contribution >= 0.6 is 11.6 Å². The van der Waals surface area contributed by atoms with E-state index in [1.54, 1.807) is 0 Å². The van der Waals surface area contributed by atoms with Crippen LogP contribution in [0.2, 0.25) is 5.02 Å². The zero-order valence-corrected chi connectivity index (χ0v) is 12.8. The Morgan fingerprint density at radius 1 is 1.26 bits per heavy atom. The predicted octanol–water partition coefficient (Wildman–Crippen LogP) is 3.77. The summed E-state index contributed by atoms with van der Waals surface area (Å²) in [5, 5.41) is 0.682. The second-order valence-electron chi connectivity index (χ2n) is 5.38. The van der Waals surface area contributed by atoms with Crippen LogP contribution in [0.1, 0.15) is 40.0 Å². The van der Waals surface area contributed by atoms with Gasteiger partial charge in [0.1, 0.15) is 11.9 Å². The first kappa shape index (κ1) is 16.3. The highest BCUT2D eigenvalue weighted by atomic mass is 35.5. The lowest BCUT2D eigenvalue weighted by atomic mass is 10.0. The Labute approximate surface area is 121 Å². The number of nitrogens with one attached hydrogen (secondary N) is 1. The van der Waals surface area contributed by atoms with Crippen LogP contribution in [0.15, 0.2) is 24.3 Å². The molecule has 0 bridgehead atoms. The molecule has 2 unspecified atom stereocenters. The molecule has 0 aliphatic rings. The van der Waals surface area contributed by atoms with Crippen LogP contribution in [0.3, 0.4) is 0 Å². The van der Waals surface area contributed by atoms with E-state index in [1.807, 2.05) is 31.2 Å². The minimum absolute atomic E-state index is 0.00984. The van der Waals surface area contributed by atoms with Gasteiger partial charge in [-0.05, 0) is 37.5 Å². The highest BCUT2D eigenvalue weighted by Gasteiger charge is 2.17. The van der Waals surface area contributed by atoms with Crippen molar-refractivity contribution in [3.8, 4) is 5.75 Å². The van der Waals surface area contributed by atoms with Crippen LogP contribution in [-0.2, 0) is 0 Å². The first-order chi connectivity index (χ1) is 9.02. The van der Waals surface area contributed by atoms with E-state index < -0.39 is 0 Å². The zero-order chi connectivity index (χ0) is 14.3. The molecule has 0 aliphatic carbocycles. The smallest absolute Gasteiger partial charge is 0.121 e. The van der Waals surface area contributed by atoms with Crippen molar-refractivity contribution in [2.45, 2.75) is 52.2 Å². The zero-order valence-electron chi connectivity index (χ0n) is 12.0. The summed E-state index contributed by atoms with van der Waals surface area (Å²) in [5.41, 5.74) is 2.85. The molecule has 4 heteroatoms. The molecule has 0 saturated carbocycles. The van der Waals surface area contributed by atoms with E-state index in [2.05, 4.69) is 19.3 Å². The summed E-state index contributed by atoms with van der Waals surface area (Å²) >= 11 is 5.94. The van der Waals surface area contributed by atoms with Gasteiger partial charge in [0.2, 0.25) is 0 Å². The maximum absolute atomic E-state index is 5.94. The molecule has 0 aliphatic heterocycles. The third-order valence-corrected chi connectivity index (χ3v) is 3.43. The number of hydrogen-bond donors (Lipinski definition) is 2. The van der Waals surface area contributed by atoms with Gasteiger partial charge in [-0.1, -0.05) is 44.4 Å². The number of halogens is 1. The lowest BCUT2D eigenvalue weighted by Gasteiger charge is -2.24. The molecule has 2 atom stereocenters. The topological polar surface area (TPSA) is 47.3 Å². The fraction of sp³-hybridized carbons (Fsp3) is 0.600. The average molecular weight is 285 g/mol. The van der Waals surface area contributed by atoms with E-state index in [4.69, 9.17) is 22.2 Å². The minimum Gasteiger partial charge on any atom is -0.489 e. The molecule has 0 radical (unpaired) electrons. The fourth-order valence-corrected chi connectivity index (χ4v) is 2.22. The number of hydrazine groups is 1. The van der Waals surface area contributed by atoms with Gasteiger partial charge in [-0.25, -0.2) is 0 Å². The van der Waals surface area contributed by atoms with E-state index in [0.29, 0.717) is 5.02 Å². The Morgan fingerprint density at radius 3 is 2.58 bits per heavy atom. The Morgan fingerprint density at radius 2 is 2.00 bits per heavy atom. The Bertz CT molecular complexity index is 371. The molecule has 0 fully saturated rings. The average Bonchev–Trinajstić information content (AvgIpc) is 2.34. The molecule has 19 heavy (non-hydrogen) atoms. The van der Waals surface area contributed by atoms with Gasteiger partial charge in [0.05, 0.1) is 6.04 Å². The van der Waals surface area contributed by atoms with Crippen LogP contribution in [0.4, 0.5) is 0 Å². The molecule has 1 aromatic carbocycles. The van der Waals surface area contributed by atoms with E-state index in [1.165, 1.54) is 6.42 Å². The van der Waals surface area contributed by atoms with Crippen LogP contribution in [0.5, 0.6) is 5.75 Å².